The fraction of sp³-hybridized carbons (Fsp3) is 0.167. The van der Waals surface area contributed by atoms with E-state index in [9.17, 15) is 14.0 Å². The number of anilines is 1. The van der Waals surface area contributed by atoms with Crippen LogP contribution in [-0.2, 0) is 4.79 Å². The maximum Gasteiger partial charge on any atom is 0.264 e. The van der Waals surface area contributed by atoms with Crippen molar-refractivity contribution < 1.29 is 18.5 Å². The SMILES string of the molecule is Cc1cc(NC(=O)CN(C)C(=O)c2ccc(-c3ccc(F)cc3)s2)no1. The van der Waals surface area contributed by atoms with Crippen molar-refractivity contribution in [3.8, 4) is 10.4 Å². The first-order chi connectivity index (χ1) is 12.4. The Morgan fingerprint density at radius 3 is 2.62 bits per heavy atom. The molecule has 2 amide bonds. The van der Waals surface area contributed by atoms with Crippen LogP contribution in [0.15, 0.2) is 47.0 Å². The first-order valence-corrected chi connectivity index (χ1v) is 8.58. The molecule has 2 aromatic heterocycles. The maximum atomic E-state index is 13.0. The summed E-state index contributed by atoms with van der Waals surface area (Å²) in [6.07, 6.45) is 0. The normalized spacial score (nSPS) is 10.6. The second-order valence-electron chi connectivity index (χ2n) is 5.70. The minimum atomic E-state index is -0.371. The van der Waals surface area contributed by atoms with Crippen molar-refractivity contribution >= 4 is 29.0 Å². The Kier molecular flexibility index (Phi) is 5.13. The molecular weight excluding hydrogens is 357 g/mol. The molecule has 0 aliphatic carbocycles. The monoisotopic (exact) mass is 373 g/mol. The van der Waals surface area contributed by atoms with Gasteiger partial charge in [-0.3, -0.25) is 9.59 Å². The zero-order valence-corrected chi connectivity index (χ0v) is 15.0. The summed E-state index contributed by atoms with van der Waals surface area (Å²) >= 11 is 1.29. The van der Waals surface area contributed by atoms with E-state index in [4.69, 9.17) is 4.52 Å². The van der Waals surface area contributed by atoms with Crippen LogP contribution in [0.3, 0.4) is 0 Å². The first kappa shape index (κ1) is 17.8. The highest BCUT2D eigenvalue weighted by atomic mass is 32.1. The lowest BCUT2D eigenvalue weighted by Gasteiger charge is -2.15. The van der Waals surface area contributed by atoms with Crippen LogP contribution in [0.4, 0.5) is 10.2 Å². The number of halogens is 1. The summed E-state index contributed by atoms with van der Waals surface area (Å²) in [6, 6.07) is 11.2. The Morgan fingerprint density at radius 2 is 1.96 bits per heavy atom. The topological polar surface area (TPSA) is 75.4 Å². The molecule has 0 aliphatic rings. The first-order valence-electron chi connectivity index (χ1n) is 7.77. The van der Waals surface area contributed by atoms with Crippen LogP contribution in [0, 0.1) is 12.7 Å². The summed E-state index contributed by atoms with van der Waals surface area (Å²) in [5.41, 5.74) is 0.831. The van der Waals surface area contributed by atoms with Gasteiger partial charge in [-0.25, -0.2) is 4.39 Å². The van der Waals surface area contributed by atoms with Crippen LogP contribution in [0.1, 0.15) is 15.4 Å². The molecular formula is C18H16FN3O3S. The lowest BCUT2D eigenvalue weighted by molar-refractivity contribution is -0.116. The Morgan fingerprint density at radius 1 is 1.23 bits per heavy atom. The van der Waals surface area contributed by atoms with E-state index in [-0.39, 0.29) is 24.2 Å². The van der Waals surface area contributed by atoms with Crippen molar-refractivity contribution in [3.63, 3.8) is 0 Å². The molecule has 3 rings (SSSR count). The molecule has 0 fully saturated rings. The van der Waals surface area contributed by atoms with Crippen molar-refractivity contribution in [3.05, 3.63) is 58.9 Å². The average molecular weight is 373 g/mol. The number of rotatable bonds is 5. The van der Waals surface area contributed by atoms with Crippen LogP contribution in [0.2, 0.25) is 0 Å². The summed E-state index contributed by atoms with van der Waals surface area (Å²) in [4.78, 5) is 27.2. The van der Waals surface area contributed by atoms with Crippen molar-refractivity contribution in [2.45, 2.75) is 6.92 Å². The van der Waals surface area contributed by atoms with Gasteiger partial charge in [0.2, 0.25) is 5.91 Å². The zero-order valence-electron chi connectivity index (χ0n) is 14.2. The maximum absolute atomic E-state index is 13.0. The average Bonchev–Trinajstić information content (AvgIpc) is 3.24. The fourth-order valence-corrected chi connectivity index (χ4v) is 3.31. The number of likely N-dealkylation sites (N-methyl/N-ethyl adjacent to an activating group) is 1. The Labute approximate surface area is 153 Å². The largest absolute Gasteiger partial charge is 0.360 e. The van der Waals surface area contributed by atoms with Crippen molar-refractivity contribution in [2.75, 3.05) is 18.9 Å². The van der Waals surface area contributed by atoms with Crippen molar-refractivity contribution in [2.24, 2.45) is 0 Å². The molecule has 0 unspecified atom stereocenters. The molecule has 0 bridgehead atoms. The Hall–Kier alpha value is -3.00. The smallest absolute Gasteiger partial charge is 0.264 e. The van der Waals surface area contributed by atoms with E-state index >= 15 is 0 Å². The van der Waals surface area contributed by atoms with Crippen molar-refractivity contribution in [1.29, 1.82) is 0 Å². The van der Waals surface area contributed by atoms with Gasteiger partial charge in [-0.15, -0.1) is 11.3 Å². The van der Waals surface area contributed by atoms with E-state index in [1.165, 1.54) is 28.4 Å². The summed E-state index contributed by atoms with van der Waals surface area (Å²) in [5, 5.41) is 6.24. The third kappa shape index (κ3) is 4.15. The number of aryl methyl sites for hydroxylation is 1. The van der Waals surface area contributed by atoms with Crippen LogP contribution in [0.25, 0.3) is 10.4 Å². The van der Waals surface area contributed by atoms with Crippen LogP contribution in [0.5, 0.6) is 0 Å². The van der Waals surface area contributed by atoms with Gasteiger partial charge in [-0.1, -0.05) is 17.3 Å². The lowest BCUT2D eigenvalue weighted by Crippen LogP contribution is -2.34. The molecule has 0 saturated heterocycles. The standard InChI is InChI=1S/C18H16FN3O3S/c1-11-9-16(21-25-11)20-17(23)10-22(2)18(24)15-8-7-14(26-15)12-3-5-13(19)6-4-12/h3-9H,10H2,1-2H3,(H,20,21,23). The van der Waals surface area contributed by atoms with Gasteiger partial charge in [0.05, 0.1) is 11.4 Å². The third-order valence-electron chi connectivity index (χ3n) is 3.57. The molecule has 3 aromatic rings. The number of thiophene rings is 1. The molecule has 26 heavy (non-hydrogen) atoms. The number of benzene rings is 1. The summed E-state index contributed by atoms with van der Waals surface area (Å²) in [7, 11) is 1.55. The van der Waals surface area contributed by atoms with Gasteiger partial charge in [0, 0.05) is 18.0 Å². The van der Waals surface area contributed by atoms with E-state index < -0.39 is 0 Å². The van der Waals surface area contributed by atoms with Gasteiger partial charge in [-0.05, 0) is 36.8 Å². The molecule has 8 heteroatoms. The lowest BCUT2D eigenvalue weighted by atomic mass is 10.2. The number of hydrogen-bond acceptors (Lipinski definition) is 5. The second kappa shape index (κ2) is 7.49. The summed E-state index contributed by atoms with van der Waals surface area (Å²) < 4.78 is 17.9. The Balaban J connectivity index is 1.63. The molecule has 6 nitrogen and oxygen atoms in total. The second-order valence-corrected chi connectivity index (χ2v) is 6.79. The van der Waals surface area contributed by atoms with Crippen LogP contribution in [-0.4, -0.2) is 35.5 Å². The number of aromatic nitrogens is 1. The van der Waals surface area contributed by atoms with Gasteiger partial charge in [0.1, 0.15) is 11.6 Å². The number of carbonyl (C=O) groups is 2. The number of carbonyl (C=O) groups excluding carboxylic acids is 2. The number of amides is 2. The minimum Gasteiger partial charge on any atom is -0.360 e. The zero-order chi connectivity index (χ0) is 18.7. The predicted octanol–water partition coefficient (Wildman–Crippen LogP) is 3.56. The molecule has 1 aromatic carbocycles. The number of nitrogens with zero attached hydrogens (tertiary/aromatic N) is 2. The quantitative estimate of drug-likeness (QED) is 0.742. The minimum absolute atomic E-state index is 0.117. The molecule has 0 radical (unpaired) electrons. The summed E-state index contributed by atoms with van der Waals surface area (Å²) in [5.74, 6) is -0.0614. The highest BCUT2D eigenvalue weighted by molar-refractivity contribution is 7.17. The van der Waals surface area contributed by atoms with Gasteiger partial charge in [-0.2, -0.15) is 0 Å². The van der Waals surface area contributed by atoms with E-state index in [1.807, 2.05) is 0 Å². The van der Waals surface area contributed by atoms with Gasteiger partial charge >= 0.3 is 0 Å². The third-order valence-corrected chi connectivity index (χ3v) is 4.69. The molecule has 0 aliphatic heterocycles. The molecule has 134 valence electrons. The highest BCUT2D eigenvalue weighted by Crippen LogP contribution is 2.28. The van der Waals surface area contributed by atoms with E-state index in [2.05, 4.69) is 10.5 Å². The van der Waals surface area contributed by atoms with E-state index in [0.717, 1.165) is 10.4 Å². The van der Waals surface area contributed by atoms with E-state index in [1.54, 1.807) is 44.3 Å². The van der Waals surface area contributed by atoms with Crippen LogP contribution >= 0.6 is 11.3 Å². The number of hydrogen-bond donors (Lipinski definition) is 1. The number of nitrogens with one attached hydrogen (secondary N) is 1. The highest BCUT2D eigenvalue weighted by Gasteiger charge is 2.18. The van der Waals surface area contributed by atoms with Gasteiger partial charge in [0.15, 0.2) is 5.82 Å². The summed E-state index contributed by atoms with van der Waals surface area (Å²) in [6.45, 7) is 1.60. The Bertz CT molecular complexity index is 933. The van der Waals surface area contributed by atoms with Crippen molar-refractivity contribution in [1.82, 2.24) is 10.1 Å². The molecule has 0 spiro atoms. The molecule has 2 heterocycles. The van der Waals surface area contributed by atoms with Gasteiger partial charge in [0.25, 0.3) is 5.91 Å². The fourth-order valence-electron chi connectivity index (χ4n) is 2.31. The van der Waals surface area contributed by atoms with Gasteiger partial charge < -0.3 is 14.7 Å². The predicted molar refractivity (Wildman–Crippen MR) is 96.5 cm³/mol. The molecule has 0 atom stereocenters. The molecule has 1 N–H and O–H groups in total. The molecule has 0 saturated carbocycles. The van der Waals surface area contributed by atoms with E-state index in [0.29, 0.717) is 16.5 Å². The van der Waals surface area contributed by atoms with Crippen LogP contribution < -0.4 is 5.32 Å².